The van der Waals surface area contributed by atoms with E-state index >= 15 is 0 Å². The predicted molar refractivity (Wildman–Crippen MR) is 164 cm³/mol. The first-order chi connectivity index (χ1) is 21.3. The minimum Gasteiger partial charge on any atom is -0.451 e. The average Bonchev–Trinajstić information content (AvgIpc) is 3.53. The third kappa shape index (κ3) is 4.27. The van der Waals surface area contributed by atoms with Crippen LogP contribution in [-0.4, -0.2) is 34.8 Å². The molecule has 0 radical (unpaired) electrons. The number of nitrogens with zero attached hydrogens (tertiary/aromatic N) is 3. The zero-order chi connectivity index (χ0) is 30.5. The van der Waals surface area contributed by atoms with Crippen LogP contribution in [0.2, 0.25) is 0 Å². The molecule has 0 saturated carbocycles. The first kappa shape index (κ1) is 27.3. The van der Waals surface area contributed by atoms with Crippen LogP contribution in [0.3, 0.4) is 0 Å². The molecular formula is C35H27N3O6. The minimum absolute atomic E-state index is 0.147. The summed E-state index contributed by atoms with van der Waals surface area (Å²) in [5, 5.41) is 11.6. The number of ether oxygens (including phenoxy) is 1. The summed E-state index contributed by atoms with van der Waals surface area (Å²) in [4.78, 5) is 56.8. The number of anilines is 2. The number of benzene rings is 4. The van der Waals surface area contributed by atoms with Crippen molar-refractivity contribution < 1.29 is 24.0 Å². The molecule has 2 amide bonds. The lowest BCUT2D eigenvalue weighted by molar-refractivity contribution is -0.384. The molecule has 2 saturated heterocycles. The van der Waals surface area contributed by atoms with Gasteiger partial charge in [0, 0.05) is 17.8 Å². The summed E-state index contributed by atoms with van der Waals surface area (Å²) in [6, 6.07) is 28.6. The molecule has 7 rings (SSSR count). The highest BCUT2D eigenvalue weighted by Gasteiger charge is 2.65. The van der Waals surface area contributed by atoms with Crippen LogP contribution in [0, 0.1) is 28.9 Å². The monoisotopic (exact) mass is 585 g/mol. The SMILES string of the molecule is Cc1ccc([N+](=O)[O-])cc1N1C(=O)[C@@H]2[C@H](C1=O)[C@@H](C(=O)OC(c1ccccc1)c1ccccc1)N1c3ccccc3C=C[C@@H]21. The van der Waals surface area contributed by atoms with Crippen LogP contribution < -0.4 is 9.80 Å². The number of carbonyl (C=O) groups is 3. The standard InChI is InChI=1S/C35H27N3O6/c1-21-16-18-25(38(42)43)20-28(21)37-33(39)29-27-19-17-22-10-8-9-15-26(22)36(27)31(30(29)34(37)40)35(41)44-32(23-11-4-2-5-12-23)24-13-6-3-7-14-24/h2-20,27,29-32H,1H3/t27-,29-,30-,31-/m0/s1. The maximum absolute atomic E-state index is 14.5. The number of rotatable bonds is 6. The number of aryl methyl sites for hydroxylation is 1. The second-order valence-electron chi connectivity index (χ2n) is 11.2. The number of non-ortho nitro benzene ring substituents is 1. The lowest BCUT2D eigenvalue weighted by atomic mass is 9.88. The molecule has 4 atom stereocenters. The zero-order valence-corrected chi connectivity index (χ0v) is 23.6. The van der Waals surface area contributed by atoms with E-state index < -0.39 is 52.7 Å². The molecule has 3 aliphatic heterocycles. The lowest BCUT2D eigenvalue weighted by Gasteiger charge is -2.36. The van der Waals surface area contributed by atoms with Gasteiger partial charge < -0.3 is 9.64 Å². The van der Waals surface area contributed by atoms with Crippen molar-refractivity contribution in [2.45, 2.75) is 25.1 Å². The van der Waals surface area contributed by atoms with Crippen LogP contribution in [0.4, 0.5) is 17.1 Å². The number of nitro groups is 1. The Morgan fingerprint density at radius 3 is 2.09 bits per heavy atom. The maximum atomic E-state index is 14.5. The van der Waals surface area contributed by atoms with E-state index in [9.17, 15) is 24.5 Å². The molecule has 0 N–H and O–H groups in total. The van der Waals surface area contributed by atoms with Crippen LogP contribution in [0.5, 0.6) is 0 Å². The average molecular weight is 586 g/mol. The van der Waals surface area contributed by atoms with Crippen LogP contribution in [-0.2, 0) is 19.1 Å². The van der Waals surface area contributed by atoms with Crippen LogP contribution in [0.25, 0.3) is 6.08 Å². The van der Waals surface area contributed by atoms with Gasteiger partial charge in [0.25, 0.3) is 5.69 Å². The molecule has 218 valence electrons. The molecule has 3 heterocycles. The highest BCUT2D eigenvalue weighted by Crippen LogP contribution is 2.50. The second-order valence-corrected chi connectivity index (χ2v) is 11.2. The van der Waals surface area contributed by atoms with Gasteiger partial charge in [-0.25, -0.2) is 9.69 Å². The fourth-order valence-corrected chi connectivity index (χ4v) is 6.74. The van der Waals surface area contributed by atoms with Crippen molar-refractivity contribution in [2.75, 3.05) is 9.80 Å². The van der Waals surface area contributed by atoms with Crippen LogP contribution in [0.1, 0.15) is 28.4 Å². The van der Waals surface area contributed by atoms with Crippen molar-refractivity contribution in [3.8, 4) is 0 Å². The Morgan fingerprint density at radius 1 is 0.818 bits per heavy atom. The molecule has 0 bridgehead atoms. The van der Waals surface area contributed by atoms with E-state index in [0.29, 0.717) is 5.56 Å². The van der Waals surface area contributed by atoms with Crippen molar-refractivity contribution in [2.24, 2.45) is 11.8 Å². The quantitative estimate of drug-likeness (QED) is 0.125. The van der Waals surface area contributed by atoms with Gasteiger partial charge in [0.15, 0.2) is 6.10 Å². The number of fused-ring (bicyclic) bond motifs is 5. The van der Waals surface area contributed by atoms with E-state index in [-0.39, 0.29) is 11.4 Å². The van der Waals surface area contributed by atoms with E-state index in [4.69, 9.17) is 4.74 Å². The largest absolute Gasteiger partial charge is 0.451 e. The fraction of sp³-hybridized carbons (Fsp3) is 0.171. The van der Waals surface area contributed by atoms with Crippen LogP contribution >= 0.6 is 0 Å². The zero-order valence-electron chi connectivity index (χ0n) is 23.6. The summed E-state index contributed by atoms with van der Waals surface area (Å²) in [5.74, 6) is -3.68. The number of para-hydroxylation sites is 1. The van der Waals surface area contributed by atoms with Crippen molar-refractivity contribution in [1.29, 1.82) is 0 Å². The smallest absolute Gasteiger partial charge is 0.330 e. The maximum Gasteiger partial charge on any atom is 0.330 e. The van der Waals surface area contributed by atoms with Gasteiger partial charge in [-0.1, -0.05) is 97.1 Å². The fourth-order valence-electron chi connectivity index (χ4n) is 6.74. The number of carbonyl (C=O) groups excluding carboxylic acids is 3. The summed E-state index contributed by atoms with van der Waals surface area (Å²) >= 11 is 0. The number of amides is 2. The van der Waals surface area contributed by atoms with Crippen LogP contribution in [0.15, 0.2) is 109 Å². The van der Waals surface area contributed by atoms with E-state index in [1.54, 1.807) is 6.92 Å². The second kappa shape index (κ2) is 10.6. The van der Waals surface area contributed by atoms with E-state index in [2.05, 4.69) is 0 Å². The van der Waals surface area contributed by atoms with Crippen molar-refractivity contribution in [3.05, 3.63) is 142 Å². The Morgan fingerprint density at radius 2 is 1.43 bits per heavy atom. The summed E-state index contributed by atoms with van der Waals surface area (Å²) in [6.45, 7) is 1.69. The number of hydrogen-bond donors (Lipinski definition) is 0. The van der Waals surface area contributed by atoms with Gasteiger partial charge in [-0.2, -0.15) is 0 Å². The molecule has 0 unspecified atom stereocenters. The predicted octanol–water partition coefficient (Wildman–Crippen LogP) is 5.63. The minimum atomic E-state index is -1.12. The molecule has 44 heavy (non-hydrogen) atoms. The number of esters is 1. The first-order valence-electron chi connectivity index (χ1n) is 14.3. The highest BCUT2D eigenvalue weighted by molar-refractivity contribution is 6.25. The molecule has 4 aromatic carbocycles. The van der Waals surface area contributed by atoms with Gasteiger partial charge in [0.2, 0.25) is 11.8 Å². The van der Waals surface area contributed by atoms with E-state index in [1.807, 2.05) is 102 Å². The molecule has 3 aliphatic rings. The topological polar surface area (TPSA) is 110 Å². The Labute approximate surface area is 253 Å². The summed E-state index contributed by atoms with van der Waals surface area (Å²) in [5.41, 5.74) is 3.56. The Hall–Kier alpha value is -5.57. The summed E-state index contributed by atoms with van der Waals surface area (Å²) in [7, 11) is 0. The summed E-state index contributed by atoms with van der Waals surface area (Å²) < 4.78 is 6.30. The normalized spacial score (nSPS) is 21.7. The molecule has 0 spiro atoms. The third-order valence-electron chi connectivity index (χ3n) is 8.74. The molecule has 4 aromatic rings. The number of hydrogen-bond acceptors (Lipinski definition) is 7. The molecule has 0 aromatic heterocycles. The van der Waals surface area contributed by atoms with Gasteiger partial charge in [-0.15, -0.1) is 0 Å². The highest BCUT2D eigenvalue weighted by atomic mass is 16.6. The van der Waals surface area contributed by atoms with Gasteiger partial charge in [-0.05, 0) is 35.2 Å². The third-order valence-corrected chi connectivity index (χ3v) is 8.74. The van der Waals surface area contributed by atoms with Crippen molar-refractivity contribution in [1.82, 2.24) is 0 Å². The van der Waals surface area contributed by atoms with Gasteiger partial charge >= 0.3 is 5.97 Å². The van der Waals surface area contributed by atoms with Crippen molar-refractivity contribution in [3.63, 3.8) is 0 Å². The molecule has 9 nitrogen and oxygen atoms in total. The summed E-state index contributed by atoms with van der Waals surface area (Å²) in [6.07, 6.45) is 3.01. The van der Waals surface area contributed by atoms with E-state index in [1.165, 1.54) is 18.2 Å². The Kier molecular flexibility index (Phi) is 6.58. The van der Waals surface area contributed by atoms with Crippen molar-refractivity contribution >= 4 is 40.9 Å². The number of imide groups is 1. The van der Waals surface area contributed by atoms with Gasteiger partial charge in [0.05, 0.1) is 28.5 Å². The Balaban J connectivity index is 1.33. The first-order valence-corrected chi connectivity index (χ1v) is 14.3. The molecule has 9 heteroatoms. The Bertz CT molecular complexity index is 1800. The van der Waals surface area contributed by atoms with Gasteiger partial charge in [0.1, 0.15) is 6.04 Å². The molecule has 0 aliphatic carbocycles. The molecular weight excluding hydrogens is 558 g/mol. The van der Waals surface area contributed by atoms with Gasteiger partial charge in [-0.3, -0.25) is 19.7 Å². The lowest BCUT2D eigenvalue weighted by Crippen LogP contribution is -2.49. The molecule has 2 fully saturated rings. The number of nitro benzene ring substituents is 1. The van der Waals surface area contributed by atoms with E-state index in [0.717, 1.165) is 27.3 Å².